The molecule has 0 spiro atoms. The van der Waals surface area contributed by atoms with Gasteiger partial charge in [0.2, 0.25) is 0 Å². The average Bonchev–Trinajstić information content (AvgIpc) is 2.45. The van der Waals surface area contributed by atoms with Crippen molar-refractivity contribution in [3.8, 4) is 5.75 Å². The summed E-state index contributed by atoms with van der Waals surface area (Å²) >= 11 is 3.49. The third-order valence-electron chi connectivity index (χ3n) is 2.98. The molecule has 0 saturated carbocycles. The summed E-state index contributed by atoms with van der Waals surface area (Å²) in [4.78, 5) is 16.9. The number of aromatic nitrogens is 1. The monoisotopic (exact) mass is 366 g/mol. The van der Waals surface area contributed by atoms with Crippen molar-refractivity contribution in [2.24, 2.45) is 0 Å². The second-order valence-electron chi connectivity index (χ2n) is 5.78. The molecule has 1 aromatic carbocycles. The van der Waals surface area contributed by atoms with Crippen molar-refractivity contribution >= 4 is 38.5 Å². The third-order valence-corrected chi connectivity index (χ3v) is 3.67. The van der Waals surface area contributed by atoms with Crippen LogP contribution >= 0.6 is 15.9 Å². The molecule has 22 heavy (non-hydrogen) atoms. The molecule has 1 aromatic heterocycles. The zero-order valence-corrected chi connectivity index (χ0v) is 14.9. The fraction of sp³-hybridized carbons (Fsp3) is 0.375. The molecule has 0 atom stereocenters. The van der Waals surface area contributed by atoms with Gasteiger partial charge >= 0.3 is 5.97 Å². The predicted octanol–water partition coefficient (Wildman–Crippen LogP) is 4.00. The van der Waals surface area contributed by atoms with E-state index in [0.29, 0.717) is 17.0 Å². The van der Waals surface area contributed by atoms with E-state index in [1.54, 1.807) is 20.2 Å². The van der Waals surface area contributed by atoms with Gasteiger partial charge in [-0.2, -0.15) is 0 Å². The third kappa shape index (κ3) is 3.32. The Kier molecular flexibility index (Phi) is 4.60. The van der Waals surface area contributed by atoms with Gasteiger partial charge in [0.15, 0.2) is 5.69 Å². The van der Waals surface area contributed by atoms with Crippen molar-refractivity contribution in [3.63, 3.8) is 0 Å². The SMILES string of the molecule is CNc1cc2c(Br)ccc(OC)c2nc1C(=O)OC(C)(C)C. The fourth-order valence-corrected chi connectivity index (χ4v) is 2.47. The Bertz CT molecular complexity index is 723. The zero-order valence-electron chi connectivity index (χ0n) is 13.3. The molecule has 0 radical (unpaired) electrons. The Morgan fingerprint density at radius 1 is 1.32 bits per heavy atom. The van der Waals surface area contributed by atoms with Gasteiger partial charge in [-0.25, -0.2) is 9.78 Å². The molecule has 0 unspecified atom stereocenters. The first-order valence-corrected chi connectivity index (χ1v) is 7.64. The van der Waals surface area contributed by atoms with E-state index < -0.39 is 11.6 Å². The Morgan fingerprint density at radius 2 is 2.00 bits per heavy atom. The van der Waals surface area contributed by atoms with E-state index in [9.17, 15) is 4.79 Å². The number of hydrogen-bond donors (Lipinski definition) is 1. The van der Waals surface area contributed by atoms with Crippen molar-refractivity contribution in [2.75, 3.05) is 19.5 Å². The van der Waals surface area contributed by atoms with Crippen molar-refractivity contribution in [1.82, 2.24) is 4.98 Å². The largest absolute Gasteiger partial charge is 0.494 e. The number of fused-ring (bicyclic) bond motifs is 1. The number of nitrogens with one attached hydrogen (secondary N) is 1. The molecular formula is C16H19BrN2O3. The van der Waals surface area contributed by atoms with Gasteiger partial charge in [0.1, 0.15) is 16.9 Å². The Labute approximate surface area is 138 Å². The molecule has 2 aromatic rings. The number of benzene rings is 1. The van der Waals surface area contributed by atoms with Gasteiger partial charge in [-0.1, -0.05) is 15.9 Å². The molecule has 0 aliphatic rings. The maximum absolute atomic E-state index is 12.4. The number of ether oxygens (including phenoxy) is 2. The lowest BCUT2D eigenvalue weighted by molar-refractivity contribution is 0.00645. The topological polar surface area (TPSA) is 60.5 Å². The van der Waals surface area contributed by atoms with Crippen LogP contribution in [0.2, 0.25) is 0 Å². The first-order chi connectivity index (χ1) is 10.3. The van der Waals surface area contributed by atoms with Gasteiger partial charge in [0.25, 0.3) is 0 Å². The molecule has 2 rings (SSSR count). The van der Waals surface area contributed by atoms with E-state index in [-0.39, 0.29) is 5.69 Å². The second kappa shape index (κ2) is 6.12. The summed E-state index contributed by atoms with van der Waals surface area (Å²) in [5, 5.41) is 3.85. The lowest BCUT2D eigenvalue weighted by atomic mass is 10.1. The molecule has 0 fully saturated rings. The molecule has 0 aliphatic carbocycles. The standard InChI is InChI=1S/C16H19BrN2O3/c1-16(2,3)22-15(20)14-11(18-4)8-9-10(17)6-7-12(21-5)13(9)19-14/h6-8,18H,1-5H3. The quantitative estimate of drug-likeness (QED) is 0.831. The summed E-state index contributed by atoms with van der Waals surface area (Å²) in [7, 11) is 3.31. The second-order valence-corrected chi connectivity index (χ2v) is 6.64. The molecule has 0 aliphatic heterocycles. The van der Waals surface area contributed by atoms with Crippen molar-refractivity contribution in [2.45, 2.75) is 26.4 Å². The Balaban J connectivity index is 2.66. The van der Waals surface area contributed by atoms with Gasteiger partial charge in [-0.05, 0) is 39.0 Å². The van der Waals surface area contributed by atoms with Gasteiger partial charge in [0.05, 0.1) is 12.8 Å². The van der Waals surface area contributed by atoms with Crippen LogP contribution < -0.4 is 10.1 Å². The molecule has 118 valence electrons. The molecule has 6 heteroatoms. The maximum Gasteiger partial charge on any atom is 0.359 e. The van der Waals surface area contributed by atoms with E-state index >= 15 is 0 Å². The van der Waals surface area contributed by atoms with Crippen LogP contribution in [0.5, 0.6) is 5.75 Å². The van der Waals surface area contributed by atoms with E-state index in [0.717, 1.165) is 9.86 Å². The van der Waals surface area contributed by atoms with Gasteiger partial charge in [-0.15, -0.1) is 0 Å². The van der Waals surface area contributed by atoms with Crippen LogP contribution in [0.3, 0.4) is 0 Å². The minimum absolute atomic E-state index is 0.237. The van der Waals surface area contributed by atoms with Crippen LogP contribution in [0.4, 0.5) is 5.69 Å². The van der Waals surface area contributed by atoms with Gasteiger partial charge in [0, 0.05) is 16.9 Å². The highest BCUT2D eigenvalue weighted by molar-refractivity contribution is 9.10. The number of carbonyl (C=O) groups is 1. The number of pyridine rings is 1. The Morgan fingerprint density at radius 3 is 2.55 bits per heavy atom. The van der Waals surface area contributed by atoms with Crippen LogP contribution in [0, 0.1) is 0 Å². The first-order valence-electron chi connectivity index (χ1n) is 6.85. The fourth-order valence-electron chi connectivity index (χ4n) is 2.04. The number of nitrogens with zero attached hydrogens (tertiary/aromatic N) is 1. The van der Waals surface area contributed by atoms with E-state index in [1.165, 1.54) is 0 Å². The number of methoxy groups -OCH3 is 1. The summed E-state index contributed by atoms with van der Waals surface area (Å²) in [6.07, 6.45) is 0. The normalized spacial score (nSPS) is 11.4. The molecule has 5 nitrogen and oxygen atoms in total. The van der Waals surface area contributed by atoms with Crippen LogP contribution in [-0.4, -0.2) is 30.7 Å². The smallest absolute Gasteiger partial charge is 0.359 e. The van der Waals surface area contributed by atoms with Crippen LogP contribution in [0.25, 0.3) is 10.9 Å². The summed E-state index contributed by atoms with van der Waals surface area (Å²) < 4.78 is 11.6. The van der Waals surface area contributed by atoms with Crippen molar-refractivity contribution < 1.29 is 14.3 Å². The summed E-state index contributed by atoms with van der Waals surface area (Å²) in [5.41, 5.74) is 0.869. The van der Waals surface area contributed by atoms with E-state index in [1.807, 2.05) is 32.9 Å². The van der Waals surface area contributed by atoms with Crippen LogP contribution in [-0.2, 0) is 4.74 Å². The van der Waals surface area contributed by atoms with Crippen LogP contribution in [0.1, 0.15) is 31.3 Å². The highest BCUT2D eigenvalue weighted by atomic mass is 79.9. The number of carbonyl (C=O) groups excluding carboxylic acids is 1. The number of esters is 1. The lowest BCUT2D eigenvalue weighted by Crippen LogP contribution is -2.25. The predicted molar refractivity (Wildman–Crippen MR) is 90.7 cm³/mol. The molecule has 0 saturated heterocycles. The number of rotatable bonds is 3. The minimum atomic E-state index is -0.583. The molecule has 1 N–H and O–H groups in total. The van der Waals surface area contributed by atoms with Crippen LogP contribution in [0.15, 0.2) is 22.7 Å². The lowest BCUT2D eigenvalue weighted by Gasteiger charge is -2.20. The summed E-state index contributed by atoms with van der Waals surface area (Å²) in [6, 6.07) is 5.54. The molecule has 1 heterocycles. The van der Waals surface area contributed by atoms with Crippen molar-refractivity contribution in [3.05, 3.63) is 28.4 Å². The molecule has 0 bridgehead atoms. The van der Waals surface area contributed by atoms with Gasteiger partial charge in [-0.3, -0.25) is 0 Å². The molecule has 0 amide bonds. The number of halogens is 1. The first kappa shape index (κ1) is 16.5. The summed E-state index contributed by atoms with van der Waals surface area (Å²) in [6.45, 7) is 5.46. The zero-order chi connectivity index (χ0) is 16.5. The Hall–Kier alpha value is -1.82. The summed E-state index contributed by atoms with van der Waals surface area (Å²) in [5.74, 6) is 0.131. The molecular weight excluding hydrogens is 348 g/mol. The average molecular weight is 367 g/mol. The number of anilines is 1. The highest BCUT2D eigenvalue weighted by Gasteiger charge is 2.23. The maximum atomic E-state index is 12.4. The van der Waals surface area contributed by atoms with E-state index in [2.05, 4.69) is 26.2 Å². The van der Waals surface area contributed by atoms with E-state index in [4.69, 9.17) is 9.47 Å². The van der Waals surface area contributed by atoms with Crippen molar-refractivity contribution in [1.29, 1.82) is 0 Å². The number of hydrogen-bond acceptors (Lipinski definition) is 5. The minimum Gasteiger partial charge on any atom is -0.494 e. The highest BCUT2D eigenvalue weighted by Crippen LogP contribution is 2.33. The van der Waals surface area contributed by atoms with Gasteiger partial charge < -0.3 is 14.8 Å².